The Kier molecular flexibility index (Phi) is 5.12. The van der Waals surface area contributed by atoms with E-state index in [-0.39, 0.29) is 0 Å². The number of nitrogens with one attached hydrogen (secondary N) is 1. The maximum absolute atomic E-state index is 10.3. The van der Waals surface area contributed by atoms with E-state index in [0.717, 1.165) is 35.9 Å². The molecule has 4 nitrogen and oxygen atoms in total. The molecule has 18 heavy (non-hydrogen) atoms. The van der Waals surface area contributed by atoms with Crippen LogP contribution in [0.2, 0.25) is 0 Å². The van der Waals surface area contributed by atoms with Crippen LogP contribution in [0.25, 0.3) is 0 Å². The van der Waals surface area contributed by atoms with Gasteiger partial charge in [0.15, 0.2) is 0 Å². The zero-order valence-electron chi connectivity index (χ0n) is 10.8. The molecule has 0 saturated carbocycles. The molecule has 0 bridgehead atoms. The van der Waals surface area contributed by atoms with Gasteiger partial charge in [-0.05, 0) is 36.5 Å². The lowest BCUT2D eigenvalue weighted by Crippen LogP contribution is -2.43. The third kappa shape index (κ3) is 4.02. The highest BCUT2D eigenvalue weighted by Crippen LogP contribution is 2.26. The Morgan fingerprint density at radius 2 is 2.11 bits per heavy atom. The Balaban J connectivity index is 1.73. The van der Waals surface area contributed by atoms with Crippen LogP contribution in [-0.2, 0) is 17.9 Å². The number of methoxy groups -OCH3 is 1. The zero-order chi connectivity index (χ0) is 12.8. The van der Waals surface area contributed by atoms with Gasteiger partial charge in [0.05, 0.1) is 12.1 Å². The molecule has 0 radical (unpaired) electrons. The van der Waals surface area contributed by atoms with E-state index in [1.807, 2.05) is 23.9 Å². The van der Waals surface area contributed by atoms with Crippen LogP contribution in [0.1, 0.15) is 24.4 Å². The summed E-state index contributed by atoms with van der Waals surface area (Å²) in [5, 5.41) is 13.6. The van der Waals surface area contributed by atoms with Gasteiger partial charge in [-0.3, -0.25) is 0 Å². The van der Waals surface area contributed by atoms with Crippen molar-refractivity contribution < 1.29 is 14.3 Å². The highest BCUT2D eigenvalue weighted by molar-refractivity contribution is 7.99. The predicted octanol–water partition coefficient (Wildman–Crippen LogP) is 1.77. The van der Waals surface area contributed by atoms with Crippen molar-refractivity contribution in [2.24, 2.45) is 0 Å². The SMILES string of the molecule is COCc1ccc(CNCC2(O)CCSCC2)o1. The van der Waals surface area contributed by atoms with Crippen LogP contribution in [0.4, 0.5) is 0 Å². The summed E-state index contributed by atoms with van der Waals surface area (Å²) in [7, 11) is 1.65. The molecule has 0 aromatic carbocycles. The largest absolute Gasteiger partial charge is 0.462 e. The molecule has 0 unspecified atom stereocenters. The van der Waals surface area contributed by atoms with Gasteiger partial charge in [0.1, 0.15) is 18.1 Å². The van der Waals surface area contributed by atoms with Crippen molar-refractivity contribution in [3.8, 4) is 0 Å². The highest BCUT2D eigenvalue weighted by Gasteiger charge is 2.28. The van der Waals surface area contributed by atoms with Crippen molar-refractivity contribution in [1.82, 2.24) is 5.32 Å². The molecule has 1 aliphatic rings. The number of ether oxygens (including phenoxy) is 1. The molecule has 2 rings (SSSR count). The molecule has 2 heterocycles. The lowest BCUT2D eigenvalue weighted by Gasteiger charge is -2.31. The van der Waals surface area contributed by atoms with Gasteiger partial charge in [-0.15, -0.1) is 0 Å². The maximum Gasteiger partial charge on any atom is 0.129 e. The Morgan fingerprint density at radius 3 is 2.83 bits per heavy atom. The Labute approximate surface area is 112 Å². The summed E-state index contributed by atoms with van der Waals surface area (Å²) in [6.07, 6.45) is 1.75. The van der Waals surface area contributed by atoms with Crippen molar-refractivity contribution in [1.29, 1.82) is 0 Å². The van der Waals surface area contributed by atoms with E-state index in [1.54, 1.807) is 7.11 Å². The molecule has 0 atom stereocenters. The fourth-order valence-electron chi connectivity index (χ4n) is 2.08. The number of hydrogen-bond acceptors (Lipinski definition) is 5. The van der Waals surface area contributed by atoms with Crippen molar-refractivity contribution in [2.75, 3.05) is 25.2 Å². The monoisotopic (exact) mass is 271 g/mol. The number of rotatable bonds is 6. The fraction of sp³-hybridized carbons (Fsp3) is 0.692. The summed E-state index contributed by atoms with van der Waals surface area (Å²) < 4.78 is 10.6. The summed E-state index contributed by atoms with van der Waals surface area (Å²) in [6, 6.07) is 3.87. The normalized spacial score (nSPS) is 19.0. The number of furan rings is 1. The van der Waals surface area contributed by atoms with Crippen LogP contribution in [0, 0.1) is 0 Å². The average Bonchev–Trinajstić information content (AvgIpc) is 2.78. The van der Waals surface area contributed by atoms with Crippen LogP contribution in [0.5, 0.6) is 0 Å². The first-order valence-corrected chi connectivity index (χ1v) is 7.45. The van der Waals surface area contributed by atoms with Crippen LogP contribution in [-0.4, -0.2) is 35.9 Å². The number of aliphatic hydroxyl groups is 1. The van der Waals surface area contributed by atoms with E-state index in [9.17, 15) is 5.11 Å². The van der Waals surface area contributed by atoms with E-state index in [0.29, 0.717) is 19.7 Å². The van der Waals surface area contributed by atoms with E-state index >= 15 is 0 Å². The minimum Gasteiger partial charge on any atom is -0.462 e. The minimum atomic E-state index is -0.535. The maximum atomic E-state index is 10.3. The molecule has 102 valence electrons. The molecular weight excluding hydrogens is 250 g/mol. The van der Waals surface area contributed by atoms with E-state index < -0.39 is 5.60 Å². The molecule has 0 amide bonds. The van der Waals surface area contributed by atoms with Crippen molar-refractivity contribution >= 4 is 11.8 Å². The second-order valence-corrected chi connectivity index (χ2v) is 5.97. The summed E-state index contributed by atoms with van der Waals surface area (Å²) in [5.41, 5.74) is -0.535. The van der Waals surface area contributed by atoms with E-state index in [4.69, 9.17) is 9.15 Å². The first kappa shape index (κ1) is 13.9. The smallest absolute Gasteiger partial charge is 0.129 e. The van der Waals surface area contributed by atoms with Crippen molar-refractivity contribution in [2.45, 2.75) is 31.6 Å². The zero-order valence-corrected chi connectivity index (χ0v) is 11.6. The van der Waals surface area contributed by atoms with Crippen molar-refractivity contribution in [3.63, 3.8) is 0 Å². The lowest BCUT2D eigenvalue weighted by atomic mass is 9.97. The van der Waals surface area contributed by atoms with Gasteiger partial charge in [-0.2, -0.15) is 11.8 Å². The minimum absolute atomic E-state index is 0.501. The van der Waals surface area contributed by atoms with Gasteiger partial charge in [0.2, 0.25) is 0 Å². The molecular formula is C13H21NO3S. The van der Waals surface area contributed by atoms with Crippen LogP contribution in [0.15, 0.2) is 16.5 Å². The average molecular weight is 271 g/mol. The quantitative estimate of drug-likeness (QED) is 0.826. The third-order valence-electron chi connectivity index (χ3n) is 3.18. The summed E-state index contributed by atoms with van der Waals surface area (Å²) in [4.78, 5) is 0. The van der Waals surface area contributed by atoms with Crippen LogP contribution >= 0.6 is 11.8 Å². The molecule has 2 N–H and O–H groups in total. The second-order valence-electron chi connectivity index (χ2n) is 4.74. The Bertz CT molecular complexity index is 361. The van der Waals surface area contributed by atoms with Gasteiger partial charge in [0.25, 0.3) is 0 Å². The number of thioether (sulfide) groups is 1. The number of hydrogen-bond donors (Lipinski definition) is 2. The van der Waals surface area contributed by atoms with E-state index in [2.05, 4.69) is 5.32 Å². The fourth-order valence-corrected chi connectivity index (χ4v) is 3.34. The topological polar surface area (TPSA) is 54.6 Å². The molecule has 1 saturated heterocycles. The van der Waals surface area contributed by atoms with Crippen LogP contribution in [0.3, 0.4) is 0 Å². The first-order valence-electron chi connectivity index (χ1n) is 6.29. The van der Waals surface area contributed by atoms with Gasteiger partial charge in [0, 0.05) is 13.7 Å². The van der Waals surface area contributed by atoms with E-state index in [1.165, 1.54) is 0 Å². The summed E-state index contributed by atoms with van der Waals surface area (Å²) >= 11 is 1.92. The van der Waals surface area contributed by atoms with Gasteiger partial charge >= 0.3 is 0 Å². The lowest BCUT2D eigenvalue weighted by molar-refractivity contribution is 0.0316. The predicted molar refractivity (Wildman–Crippen MR) is 72.6 cm³/mol. The molecule has 1 aliphatic heterocycles. The molecule has 1 aromatic rings. The molecule has 1 aromatic heterocycles. The molecule has 5 heteroatoms. The summed E-state index contributed by atoms with van der Waals surface area (Å²) in [6.45, 7) is 1.79. The second kappa shape index (κ2) is 6.61. The van der Waals surface area contributed by atoms with Gasteiger partial charge in [-0.1, -0.05) is 0 Å². The summed E-state index contributed by atoms with van der Waals surface area (Å²) in [5.74, 6) is 3.83. The highest BCUT2D eigenvalue weighted by atomic mass is 32.2. The standard InChI is InChI=1S/C13H21NO3S/c1-16-9-12-3-2-11(17-12)8-14-10-13(15)4-6-18-7-5-13/h2-3,14-15H,4-10H2,1H3. The van der Waals surface area contributed by atoms with Gasteiger partial charge < -0.3 is 19.6 Å². The first-order chi connectivity index (χ1) is 8.72. The third-order valence-corrected chi connectivity index (χ3v) is 4.17. The molecule has 1 fully saturated rings. The molecule has 0 aliphatic carbocycles. The Morgan fingerprint density at radius 1 is 1.39 bits per heavy atom. The van der Waals surface area contributed by atoms with Gasteiger partial charge in [-0.25, -0.2) is 0 Å². The van der Waals surface area contributed by atoms with Crippen molar-refractivity contribution in [3.05, 3.63) is 23.7 Å². The molecule has 0 spiro atoms. The Hall–Kier alpha value is -0.490. The van der Waals surface area contributed by atoms with Crippen LogP contribution < -0.4 is 5.32 Å².